The Labute approximate surface area is 304 Å². The van der Waals surface area contributed by atoms with Crippen LogP contribution in [0.3, 0.4) is 0 Å². The fraction of sp³-hybridized carbons (Fsp3) is 0.857. The van der Waals surface area contributed by atoms with Gasteiger partial charge in [0.25, 0.3) is 0 Å². The van der Waals surface area contributed by atoms with Crippen LogP contribution in [0.5, 0.6) is 0 Å². The van der Waals surface area contributed by atoms with Crippen molar-refractivity contribution in [3.63, 3.8) is 0 Å². The van der Waals surface area contributed by atoms with Crippen molar-refractivity contribution < 1.29 is 47.7 Å². The minimum absolute atomic E-state index is 0.0217. The van der Waals surface area contributed by atoms with E-state index in [1.165, 1.54) is 0 Å². The molecule has 0 spiro atoms. The molecule has 51 heavy (non-hydrogen) atoms. The van der Waals surface area contributed by atoms with E-state index in [1.807, 2.05) is 20.8 Å². The molecule has 0 fully saturated rings. The van der Waals surface area contributed by atoms with Crippen molar-refractivity contribution >= 4 is 29.6 Å². The van der Waals surface area contributed by atoms with Crippen LogP contribution in [0.4, 0.5) is 0 Å². The second-order valence-corrected chi connectivity index (χ2v) is 13.0. The van der Waals surface area contributed by atoms with E-state index >= 15 is 0 Å². The summed E-state index contributed by atoms with van der Waals surface area (Å²) in [7, 11) is 0. The Morgan fingerprint density at radius 1 is 0.529 bits per heavy atom. The maximum atomic E-state index is 12.9. The van der Waals surface area contributed by atoms with Gasteiger partial charge in [0.1, 0.15) is 11.6 Å². The van der Waals surface area contributed by atoms with Crippen molar-refractivity contribution in [3.05, 3.63) is 0 Å². The first-order chi connectivity index (χ1) is 24.5. The number of amides is 4. The molecule has 8 N–H and O–H groups in total. The highest BCUT2D eigenvalue weighted by atomic mass is 16.6. The van der Waals surface area contributed by atoms with E-state index in [-0.39, 0.29) is 62.2 Å². The summed E-state index contributed by atoms with van der Waals surface area (Å²) in [4.78, 5) is 61.0. The van der Waals surface area contributed by atoms with E-state index in [9.17, 15) is 24.0 Å². The van der Waals surface area contributed by atoms with Crippen LogP contribution in [0, 0.1) is 0 Å². The average Bonchev–Trinajstić information content (AvgIpc) is 3.07. The van der Waals surface area contributed by atoms with E-state index in [0.717, 1.165) is 25.7 Å². The molecule has 298 valence electrons. The number of hydrogen-bond donors (Lipinski definition) is 6. The van der Waals surface area contributed by atoms with Gasteiger partial charge in [0.2, 0.25) is 23.6 Å². The standard InChI is InChI=1S/C35H68N6O10/c1-35(2,3)51-33(45)15-21-47-23-25-49-27-28-50-26-24-48-22-20-40-34(46)29(11-6-9-18-38-30(42)12-4-7-16-36)41-32(44)14-10-19-39-31(43)13-5-8-17-37/h29H,4-28,36-37H2,1-3H3,(H,38,42)(H,39,43)(H,40,46)(H,41,44). The summed E-state index contributed by atoms with van der Waals surface area (Å²) in [6.45, 7) is 10.5. The lowest BCUT2D eigenvalue weighted by molar-refractivity contribution is -0.156. The Kier molecular flexibility index (Phi) is 31.1. The molecule has 0 aliphatic heterocycles. The van der Waals surface area contributed by atoms with Crippen LogP contribution in [-0.2, 0) is 47.7 Å². The van der Waals surface area contributed by atoms with Crippen LogP contribution in [-0.4, -0.2) is 127 Å². The Hall–Kier alpha value is -2.89. The van der Waals surface area contributed by atoms with Crippen LogP contribution >= 0.6 is 0 Å². The normalized spacial score (nSPS) is 11.9. The highest BCUT2D eigenvalue weighted by Gasteiger charge is 2.20. The molecule has 0 rings (SSSR count). The molecule has 0 aliphatic carbocycles. The first-order valence-corrected chi connectivity index (χ1v) is 18.5. The third-order valence-electron chi connectivity index (χ3n) is 7.04. The minimum atomic E-state index is -0.734. The number of nitrogens with one attached hydrogen (secondary N) is 4. The molecule has 0 aromatic heterocycles. The molecule has 1 atom stereocenters. The zero-order chi connectivity index (χ0) is 38.0. The number of nitrogens with two attached hydrogens (primary N) is 2. The molecule has 0 aromatic carbocycles. The van der Waals surface area contributed by atoms with Crippen molar-refractivity contribution in [1.82, 2.24) is 21.3 Å². The lowest BCUT2D eigenvalue weighted by Gasteiger charge is -2.19. The molecule has 0 bridgehead atoms. The lowest BCUT2D eigenvalue weighted by Crippen LogP contribution is -2.47. The first-order valence-electron chi connectivity index (χ1n) is 18.5. The summed E-state index contributed by atoms with van der Waals surface area (Å²) < 4.78 is 27.0. The van der Waals surface area contributed by atoms with Gasteiger partial charge in [0, 0.05) is 38.9 Å². The van der Waals surface area contributed by atoms with Gasteiger partial charge in [-0.05, 0) is 85.2 Å². The van der Waals surface area contributed by atoms with Crippen LogP contribution in [0.15, 0.2) is 0 Å². The van der Waals surface area contributed by atoms with Crippen LogP contribution < -0.4 is 32.7 Å². The molecule has 0 aromatic rings. The van der Waals surface area contributed by atoms with E-state index in [4.69, 9.17) is 35.2 Å². The van der Waals surface area contributed by atoms with Crippen molar-refractivity contribution in [1.29, 1.82) is 0 Å². The predicted molar refractivity (Wildman–Crippen MR) is 194 cm³/mol. The van der Waals surface area contributed by atoms with Gasteiger partial charge in [-0.1, -0.05) is 0 Å². The van der Waals surface area contributed by atoms with Gasteiger partial charge in [-0.25, -0.2) is 0 Å². The zero-order valence-electron chi connectivity index (χ0n) is 31.5. The summed E-state index contributed by atoms with van der Waals surface area (Å²) in [5, 5.41) is 11.3. The van der Waals surface area contributed by atoms with Crippen molar-refractivity contribution in [2.24, 2.45) is 11.5 Å². The number of ether oxygens (including phenoxy) is 5. The quantitative estimate of drug-likeness (QED) is 0.0399. The third kappa shape index (κ3) is 34.0. The summed E-state index contributed by atoms with van der Waals surface area (Å²) in [5.41, 5.74) is 10.4. The summed E-state index contributed by atoms with van der Waals surface area (Å²) in [6.07, 6.45) is 6.42. The van der Waals surface area contributed by atoms with E-state index < -0.39 is 11.6 Å². The smallest absolute Gasteiger partial charge is 0.308 e. The van der Waals surface area contributed by atoms with Gasteiger partial charge >= 0.3 is 5.97 Å². The van der Waals surface area contributed by atoms with Gasteiger partial charge in [0.15, 0.2) is 0 Å². The second kappa shape index (κ2) is 33.0. The number of rotatable bonds is 34. The predicted octanol–water partition coefficient (Wildman–Crippen LogP) is 0.827. The van der Waals surface area contributed by atoms with Gasteiger partial charge in [0.05, 0.1) is 59.3 Å². The maximum absolute atomic E-state index is 12.9. The number of carbonyl (C=O) groups is 5. The summed E-state index contributed by atoms with van der Waals surface area (Å²) in [6, 6.07) is -0.734. The average molecular weight is 733 g/mol. The highest BCUT2D eigenvalue weighted by molar-refractivity contribution is 5.87. The Balaban J connectivity index is 4.24. The molecule has 0 saturated heterocycles. The second-order valence-electron chi connectivity index (χ2n) is 13.0. The van der Waals surface area contributed by atoms with Gasteiger partial charge in [-0.2, -0.15) is 0 Å². The maximum Gasteiger partial charge on any atom is 0.308 e. The first kappa shape index (κ1) is 48.1. The van der Waals surface area contributed by atoms with Crippen molar-refractivity contribution in [2.45, 2.75) is 109 Å². The van der Waals surface area contributed by atoms with E-state index in [0.29, 0.717) is 104 Å². The summed E-state index contributed by atoms with van der Waals surface area (Å²) >= 11 is 0. The number of esters is 1. The third-order valence-corrected chi connectivity index (χ3v) is 7.04. The zero-order valence-corrected chi connectivity index (χ0v) is 31.5. The van der Waals surface area contributed by atoms with Gasteiger partial charge in [-0.3, -0.25) is 24.0 Å². The number of unbranched alkanes of at least 4 members (excludes halogenated alkanes) is 3. The Bertz CT molecular complexity index is 935. The minimum Gasteiger partial charge on any atom is -0.460 e. The van der Waals surface area contributed by atoms with Crippen molar-refractivity contribution in [3.8, 4) is 0 Å². The molecular weight excluding hydrogens is 664 g/mol. The molecule has 0 saturated carbocycles. The van der Waals surface area contributed by atoms with Crippen molar-refractivity contribution in [2.75, 3.05) is 85.6 Å². The molecule has 0 heterocycles. The molecule has 0 radical (unpaired) electrons. The highest BCUT2D eigenvalue weighted by Crippen LogP contribution is 2.08. The number of hydrogen-bond acceptors (Lipinski definition) is 12. The van der Waals surface area contributed by atoms with Gasteiger partial charge in [-0.15, -0.1) is 0 Å². The number of carbonyl (C=O) groups excluding carboxylic acids is 5. The molecule has 0 aliphatic rings. The van der Waals surface area contributed by atoms with E-state index in [2.05, 4.69) is 21.3 Å². The summed E-state index contributed by atoms with van der Waals surface area (Å²) in [5.74, 6) is -0.970. The fourth-order valence-electron chi connectivity index (χ4n) is 4.43. The molecule has 16 nitrogen and oxygen atoms in total. The fourth-order valence-corrected chi connectivity index (χ4v) is 4.43. The lowest BCUT2D eigenvalue weighted by atomic mass is 10.1. The molecule has 16 heteroatoms. The monoisotopic (exact) mass is 732 g/mol. The molecular formula is C35H68N6O10. The Morgan fingerprint density at radius 2 is 1.02 bits per heavy atom. The Morgan fingerprint density at radius 3 is 1.55 bits per heavy atom. The largest absolute Gasteiger partial charge is 0.460 e. The van der Waals surface area contributed by atoms with Crippen LogP contribution in [0.2, 0.25) is 0 Å². The van der Waals surface area contributed by atoms with Gasteiger partial charge < -0.3 is 56.4 Å². The molecule has 4 amide bonds. The van der Waals surface area contributed by atoms with Crippen LogP contribution in [0.25, 0.3) is 0 Å². The molecule has 1 unspecified atom stereocenters. The topological polar surface area (TPSA) is 232 Å². The van der Waals surface area contributed by atoms with Crippen LogP contribution in [0.1, 0.15) is 97.8 Å². The van der Waals surface area contributed by atoms with E-state index in [1.54, 1.807) is 0 Å². The SMILES string of the molecule is CC(C)(C)OC(=O)CCOCCOCCOCCOCCNC(=O)C(CCCCNC(=O)CCCCN)NC(=O)CCCNC(=O)CCCCN.